The first kappa shape index (κ1) is 12.1. The van der Waals surface area contributed by atoms with Gasteiger partial charge in [-0.1, -0.05) is 12.1 Å². The number of hydrogen-bond acceptors (Lipinski definition) is 4. The van der Waals surface area contributed by atoms with E-state index in [1.54, 1.807) is 12.1 Å². The molecule has 0 unspecified atom stereocenters. The van der Waals surface area contributed by atoms with Gasteiger partial charge >= 0.3 is 0 Å². The van der Waals surface area contributed by atoms with Crippen molar-refractivity contribution in [3.8, 4) is 6.07 Å². The number of halogens is 1. The van der Waals surface area contributed by atoms with Crippen LogP contribution in [0.1, 0.15) is 11.1 Å². The van der Waals surface area contributed by atoms with Crippen molar-refractivity contribution in [2.75, 3.05) is 6.61 Å². The molecule has 3 N–H and O–H groups in total. The molecule has 0 aromatic heterocycles. The molecule has 16 heavy (non-hydrogen) atoms. The molecule has 0 spiro atoms. The highest BCUT2D eigenvalue weighted by molar-refractivity contribution is 5.74. The molecule has 6 heteroatoms. The summed E-state index contributed by atoms with van der Waals surface area (Å²) in [5.74, 6) is -1.22. The van der Waals surface area contributed by atoms with Crippen LogP contribution in [0.2, 0.25) is 0 Å². The number of rotatable bonds is 5. The molecule has 0 heterocycles. The molecule has 0 atom stereocenters. The predicted molar refractivity (Wildman–Crippen MR) is 53.1 cm³/mol. The second-order valence-corrected chi connectivity index (χ2v) is 2.97. The molecule has 1 amide bonds. The molecular formula is C10H10FN3O2. The van der Waals surface area contributed by atoms with Gasteiger partial charge in [-0.25, -0.2) is 4.39 Å². The van der Waals surface area contributed by atoms with Crippen molar-refractivity contribution in [3.05, 3.63) is 35.1 Å². The Morgan fingerprint density at radius 2 is 2.38 bits per heavy atom. The van der Waals surface area contributed by atoms with Crippen LogP contribution >= 0.6 is 0 Å². The molecular weight excluding hydrogens is 213 g/mol. The van der Waals surface area contributed by atoms with Crippen LogP contribution in [0.5, 0.6) is 0 Å². The number of hydrogen-bond donors (Lipinski definition) is 2. The lowest BCUT2D eigenvalue weighted by atomic mass is 10.1. The Balaban J connectivity index is 2.55. The first-order valence-electron chi connectivity index (χ1n) is 4.45. The number of nitriles is 1. The van der Waals surface area contributed by atoms with Gasteiger partial charge in [0, 0.05) is 12.1 Å². The minimum atomic E-state index is -0.626. The maximum atomic E-state index is 13.4. The lowest BCUT2D eigenvalue weighted by Crippen LogP contribution is -2.24. The molecule has 1 rings (SSSR count). The lowest BCUT2D eigenvalue weighted by Gasteiger charge is -2.05. The van der Waals surface area contributed by atoms with Crippen LogP contribution in [-0.2, 0) is 16.2 Å². The maximum absolute atomic E-state index is 13.4. The number of primary amides is 1. The van der Waals surface area contributed by atoms with Gasteiger partial charge in [-0.15, -0.1) is 0 Å². The zero-order chi connectivity index (χ0) is 12.0. The fourth-order valence-electron chi connectivity index (χ4n) is 1.05. The Hall–Kier alpha value is -1.97. The molecule has 5 nitrogen and oxygen atoms in total. The van der Waals surface area contributed by atoms with Crippen LogP contribution in [0.4, 0.5) is 4.39 Å². The Labute approximate surface area is 91.6 Å². The van der Waals surface area contributed by atoms with Crippen molar-refractivity contribution in [1.29, 1.82) is 5.26 Å². The van der Waals surface area contributed by atoms with E-state index in [0.29, 0.717) is 0 Å². The zero-order valence-electron chi connectivity index (χ0n) is 8.37. The summed E-state index contributed by atoms with van der Waals surface area (Å²) in [7, 11) is 0. The van der Waals surface area contributed by atoms with E-state index >= 15 is 0 Å². The molecule has 0 saturated carbocycles. The number of benzene rings is 1. The topological polar surface area (TPSA) is 88.1 Å². The lowest BCUT2D eigenvalue weighted by molar-refractivity contribution is -0.125. The third-order valence-electron chi connectivity index (χ3n) is 1.78. The van der Waals surface area contributed by atoms with Crippen molar-refractivity contribution in [2.45, 2.75) is 6.54 Å². The Kier molecular flexibility index (Phi) is 4.39. The summed E-state index contributed by atoms with van der Waals surface area (Å²) in [6, 6.07) is 6.18. The standard InChI is InChI=1S/C10H10FN3O2/c11-10-7(4-12)2-1-3-8(10)5-14-16-6-9(13)15/h1-3,14H,5-6H2,(H2,13,15). The third-order valence-corrected chi connectivity index (χ3v) is 1.78. The van der Waals surface area contributed by atoms with Gasteiger partial charge < -0.3 is 5.73 Å². The minimum Gasteiger partial charge on any atom is -0.368 e. The summed E-state index contributed by atoms with van der Waals surface area (Å²) < 4.78 is 13.4. The predicted octanol–water partition coefficient (Wildman–Crippen LogP) is 0.204. The van der Waals surface area contributed by atoms with E-state index < -0.39 is 11.7 Å². The highest BCUT2D eigenvalue weighted by Crippen LogP contribution is 2.11. The van der Waals surface area contributed by atoms with E-state index in [1.165, 1.54) is 12.1 Å². The molecule has 0 radical (unpaired) electrons. The van der Waals surface area contributed by atoms with E-state index in [-0.39, 0.29) is 24.3 Å². The summed E-state index contributed by atoms with van der Waals surface area (Å²) in [5.41, 5.74) is 7.45. The van der Waals surface area contributed by atoms with Crippen molar-refractivity contribution in [2.24, 2.45) is 5.73 Å². The molecule has 0 bridgehead atoms. The van der Waals surface area contributed by atoms with Crippen molar-refractivity contribution in [1.82, 2.24) is 5.48 Å². The van der Waals surface area contributed by atoms with Crippen molar-refractivity contribution in [3.63, 3.8) is 0 Å². The number of carbonyl (C=O) groups is 1. The highest BCUT2D eigenvalue weighted by atomic mass is 19.1. The second kappa shape index (κ2) is 5.80. The number of amides is 1. The van der Waals surface area contributed by atoms with Crippen LogP contribution in [0.15, 0.2) is 18.2 Å². The smallest absolute Gasteiger partial charge is 0.245 e. The number of hydroxylamine groups is 1. The summed E-state index contributed by atoms with van der Waals surface area (Å²) >= 11 is 0. The average molecular weight is 223 g/mol. The van der Waals surface area contributed by atoms with Crippen LogP contribution in [0, 0.1) is 17.1 Å². The number of nitrogens with two attached hydrogens (primary N) is 1. The van der Waals surface area contributed by atoms with E-state index in [0.717, 1.165) is 0 Å². The van der Waals surface area contributed by atoms with Gasteiger partial charge in [0.15, 0.2) is 0 Å². The Morgan fingerprint density at radius 1 is 1.62 bits per heavy atom. The molecule has 0 aliphatic heterocycles. The number of nitrogens with one attached hydrogen (secondary N) is 1. The molecule has 0 fully saturated rings. The fraction of sp³-hybridized carbons (Fsp3) is 0.200. The van der Waals surface area contributed by atoms with Crippen LogP contribution < -0.4 is 11.2 Å². The van der Waals surface area contributed by atoms with Gasteiger partial charge in [0.2, 0.25) is 5.91 Å². The summed E-state index contributed by atoms with van der Waals surface area (Å²) in [6.45, 7) is -0.242. The van der Waals surface area contributed by atoms with Gasteiger partial charge in [-0.3, -0.25) is 9.63 Å². The molecule has 0 aliphatic carbocycles. The van der Waals surface area contributed by atoms with Crippen molar-refractivity contribution < 1.29 is 14.0 Å². The monoisotopic (exact) mass is 223 g/mol. The normalized spacial score (nSPS) is 9.75. The van der Waals surface area contributed by atoms with Gasteiger partial charge in [-0.2, -0.15) is 10.7 Å². The third kappa shape index (κ3) is 3.31. The first-order chi connectivity index (χ1) is 7.65. The summed E-state index contributed by atoms with van der Waals surface area (Å²) in [6.07, 6.45) is 0. The Bertz CT molecular complexity index is 429. The van der Waals surface area contributed by atoms with Crippen molar-refractivity contribution >= 4 is 5.91 Å². The average Bonchev–Trinajstić information content (AvgIpc) is 2.26. The summed E-state index contributed by atoms with van der Waals surface area (Å²) in [5, 5.41) is 8.58. The van der Waals surface area contributed by atoms with Crippen LogP contribution in [0.25, 0.3) is 0 Å². The van der Waals surface area contributed by atoms with Crippen LogP contribution in [-0.4, -0.2) is 12.5 Å². The van der Waals surface area contributed by atoms with E-state index in [4.69, 9.17) is 11.0 Å². The maximum Gasteiger partial charge on any atom is 0.245 e. The largest absolute Gasteiger partial charge is 0.368 e. The SMILES string of the molecule is N#Cc1cccc(CNOCC(N)=O)c1F. The van der Waals surface area contributed by atoms with Gasteiger partial charge in [-0.05, 0) is 6.07 Å². The highest BCUT2D eigenvalue weighted by Gasteiger charge is 2.06. The van der Waals surface area contributed by atoms with Gasteiger partial charge in [0.25, 0.3) is 0 Å². The first-order valence-corrected chi connectivity index (χ1v) is 4.45. The van der Waals surface area contributed by atoms with Crippen LogP contribution in [0.3, 0.4) is 0 Å². The van der Waals surface area contributed by atoms with Gasteiger partial charge in [0.05, 0.1) is 5.56 Å². The minimum absolute atomic E-state index is 0.0331. The fourth-order valence-corrected chi connectivity index (χ4v) is 1.05. The Morgan fingerprint density at radius 3 is 3.00 bits per heavy atom. The number of nitrogens with zero attached hydrogens (tertiary/aromatic N) is 1. The molecule has 84 valence electrons. The van der Waals surface area contributed by atoms with E-state index in [2.05, 4.69) is 10.3 Å². The molecule has 0 saturated heterocycles. The molecule has 0 aliphatic rings. The molecule has 1 aromatic rings. The molecule has 1 aromatic carbocycles. The quantitative estimate of drug-likeness (QED) is 0.551. The zero-order valence-corrected chi connectivity index (χ0v) is 8.37. The van der Waals surface area contributed by atoms with E-state index in [1.807, 2.05) is 0 Å². The number of carbonyl (C=O) groups excluding carboxylic acids is 1. The summed E-state index contributed by atoms with van der Waals surface area (Å²) in [4.78, 5) is 15.0. The van der Waals surface area contributed by atoms with Gasteiger partial charge in [0.1, 0.15) is 18.5 Å². The second-order valence-electron chi connectivity index (χ2n) is 2.97. The van der Waals surface area contributed by atoms with E-state index in [9.17, 15) is 9.18 Å².